The number of hydrogen-bond donors (Lipinski definition) is 2. The molecule has 1 aromatic carbocycles. The molecular weight excluding hydrogens is 1770 g/mol. The summed E-state index contributed by atoms with van der Waals surface area (Å²) in [6.45, 7) is 99.8. The van der Waals surface area contributed by atoms with Crippen LogP contribution in [-0.4, -0.2) is 184 Å². The molecule has 4 unspecified atom stereocenters. The number of rotatable bonds is 31. The summed E-state index contributed by atoms with van der Waals surface area (Å²) in [5, 5.41) is 6.76. The topological polar surface area (TPSA) is 104 Å². The number of carbonyl (C=O) groups is 3. The van der Waals surface area contributed by atoms with Gasteiger partial charge in [-0.15, -0.1) is 0 Å². The summed E-state index contributed by atoms with van der Waals surface area (Å²) < 4.78 is 5.53. The van der Waals surface area contributed by atoms with Crippen molar-refractivity contribution in [3.8, 4) is 0 Å². The van der Waals surface area contributed by atoms with Crippen LogP contribution in [0.1, 0.15) is 546 Å². The molecule has 11 fully saturated rings. The number of morpholine rings is 1. The van der Waals surface area contributed by atoms with Crippen molar-refractivity contribution in [1.82, 2.24) is 40.0 Å². The van der Waals surface area contributed by atoms with E-state index in [1.54, 1.807) is 0 Å². The fourth-order valence-electron chi connectivity index (χ4n) is 22.4. The molecule has 0 spiro atoms. The lowest BCUT2D eigenvalue weighted by Crippen LogP contribution is -2.39. The molecule has 0 radical (unpaired) electrons. The number of amides is 3. The zero-order chi connectivity index (χ0) is 108. The molecule has 8 heterocycles. The van der Waals surface area contributed by atoms with Crippen molar-refractivity contribution in [3.05, 3.63) is 36.4 Å². The van der Waals surface area contributed by atoms with Gasteiger partial charge < -0.3 is 44.8 Å². The third-order valence-electron chi connectivity index (χ3n) is 29.9. The molecule has 145 heavy (non-hydrogen) atoms. The molecule has 8 saturated heterocycles. The number of nitrogens with zero attached hydrogens (tertiary/aromatic N) is 6. The highest BCUT2D eigenvalue weighted by atomic mass is 16.5. The van der Waals surface area contributed by atoms with Gasteiger partial charge in [0.05, 0.1) is 12.7 Å². The van der Waals surface area contributed by atoms with Crippen LogP contribution in [0.2, 0.25) is 0 Å². The van der Waals surface area contributed by atoms with Crippen molar-refractivity contribution in [2.75, 3.05) is 131 Å². The molecule has 2 N–H and O–H groups in total. The van der Waals surface area contributed by atoms with Crippen molar-refractivity contribution in [1.29, 1.82) is 0 Å². The zero-order valence-electron chi connectivity index (χ0n) is 104. The molecule has 4 atom stereocenters. The van der Waals surface area contributed by atoms with E-state index in [2.05, 4.69) is 247 Å². The Kier molecular flexibility index (Phi) is 106. The summed E-state index contributed by atoms with van der Waals surface area (Å²) >= 11 is 0. The van der Waals surface area contributed by atoms with Gasteiger partial charge in [-0.2, -0.15) is 0 Å². The normalized spacial score (nSPS) is 21.1. The van der Waals surface area contributed by atoms with E-state index in [0.29, 0.717) is 42.6 Å². The van der Waals surface area contributed by atoms with Crippen LogP contribution in [0.25, 0.3) is 0 Å². The van der Waals surface area contributed by atoms with Gasteiger partial charge in [-0.05, 0) is 350 Å². The molecule has 0 bridgehead atoms. The SMILES string of the molecule is C.C.CC(C)CC(=O)N1CCCCC1.CC(C)CC1CCCC1.CC(C)CC1CCCCC1.CC(C)CC1CCCNC1.CC(C)CC1CNCCO1.CC(C)CCN1CCCCC1.CCC.CCC.CCC(=O)N1CCC(CC(C)C)C1.CCC(=O)N1CCC(CC(C)C)CC1.CCC(C)C.CCC1CCC(CC(C)C)CC1.CCCN1CCC(CC(C)C)C1.CCCN1CCC(CC(C)C)CC1.c1ccccc1. The Labute approximate surface area is 914 Å². The molecule has 3 saturated carbocycles. The van der Waals surface area contributed by atoms with Gasteiger partial charge in [0.1, 0.15) is 0 Å². The number of ether oxygens (including phenoxy) is 1. The Morgan fingerprint density at radius 1 is 0.276 bits per heavy atom. The first-order valence-corrected chi connectivity index (χ1v) is 63.2. The van der Waals surface area contributed by atoms with Crippen molar-refractivity contribution in [2.24, 2.45) is 124 Å². The standard InChI is InChI=1S/C12H23NO.C12H25N.C12H24.C11H21NO.C11H23N.C10H19NO.C10H21N.C10H20.C9H19N.C9H18.C8H17NO.C6H6.C5H12.2C3H8.2CH4/c1-4-12(14)13-7-5-11(6-8-13)9-10(2)3;1-4-7-13-8-5-12(6-9-13)10-11(2)3;1-4-11-5-7-12(8-6-11)9-10(2)3;1-4-11(13)12-6-5-10(8-12)7-9(2)3;1-4-6-12-7-5-11(9-12)8-10(2)3;1-9(2)8-10(12)11-6-4-3-5-7-11;1-10(2)6-9-11-7-4-3-5-8-11;1-9(2)8-10-6-4-3-5-7-10;1-8(2)6-9-4-3-5-10-7-9;1-8(2)7-9-5-3-4-6-9;1-7(2)5-8-6-9-3-4-10-8;1-2-4-6-5-3-1;1-4-5(2)3;2*1-3-2;;/h10-11H,4-9H2,1-3H3;11-12H,4-10H2,1-3H3;10-12H,4-9H2,1-3H3;9-10H,4-8H2,1-3H3;10-11H,4-9H2,1-3H3;9H,3-8H2,1-2H3;10H,3-9H2,1-2H3;9-10H,3-8H2,1-2H3;8-10H,3-7H2,1-2H3;8-9H,3-7H2,1-2H3;7-9H,3-6H2,1-2H3;1-6H;5H,4H2,1-3H3;2*3H2,1-2H3;2*1H4. The maximum Gasteiger partial charge on any atom is 0.222 e. The predicted molar refractivity (Wildman–Crippen MR) is 653 cm³/mol. The quantitative estimate of drug-likeness (QED) is 0.0752. The van der Waals surface area contributed by atoms with Gasteiger partial charge in [-0.3, -0.25) is 14.4 Å². The fraction of sp³-hybridized carbons (Fsp3) is 0.932. The second-order valence-corrected chi connectivity index (χ2v) is 51.3. The molecular formula is C133H272N8O4. The number of piperidine rings is 5. The number of carbonyl (C=O) groups excluding carboxylic acids is 3. The van der Waals surface area contributed by atoms with Crippen LogP contribution in [0.15, 0.2) is 36.4 Å². The van der Waals surface area contributed by atoms with E-state index in [9.17, 15) is 14.4 Å². The molecule has 8 aliphatic heterocycles. The van der Waals surface area contributed by atoms with Crippen LogP contribution in [0, 0.1) is 124 Å². The Bertz CT molecular complexity index is 2670. The Morgan fingerprint density at radius 3 is 0.959 bits per heavy atom. The molecule has 12 nitrogen and oxygen atoms in total. The average molecular weight is 2050 g/mol. The number of hydrogen-bond acceptors (Lipinski definition) is 9. The Balaban J connectivity index is -0.000000488. The molecule has 868 valence electrons. The summed E-state index contributed by atoms with van der Waals surface area (Å²) in [6, 6.07) is 12.0. The maximum atomic E-state index is 11.5. The van der Waals surface area contributed by atoms with E-state index in [-0.39, 0.29) is 14.9 Å². The minimum absolute atomic E-state index is 0. The van der Waals surface area contributed by atoms with E-state index in [4.69, 9.17) is 4.74 Å². The van der Waals surface area contributed by atoms with Gasteiger partial charge >= 0.3 is 0 Å². The first-order chi connectivity index (χ1) is 68.2. The monoisotopic (exact) mass is 2050 g/mol. The number of likely N-dealkylation sites (tertiary alicyclic amines) is 6. The van der Waals surface area contributed by atoms with Gasteiger partial charge in [0.25, 0.3) is 0 Å². The lowest BCUT2D eigenvalue weighted by Gasteiger charge is -2.32. The van der Waals surface area contributed by atoms with Crippen LogP contribution in [0.5, 0.6) is 0 Å². The summed E-state index contributed by atoms with van der Waals surface area (Å²) in [5.41, 5.74) is 0. The number of nitrogens with one attached hydrogen (secondary N) is 2. The van der Waals surface area contributed by atoms with E-state index in [1.165, 1.54) is 348 Å². The highest BCUT2D eigenvalue weighted by Gasteiger charge is 2.29. The highest BCUT2D eigenvalue weighted by Crippen LogP contribution is 2.36. The van der Waals surface area contributed by atoms with Crippen LogP contribution in [0.4, 0.5) is 0 Å². The lowest BCUT2D eigenvalue weighted by atomic mass is 9.78. The Morgan fingerprint density at radius 2 is 0.586 bits per heavy atom. The van der Waals surface area contributed by atoms with Crippen LogP contribution in [-0.2, 0) is 19.1 Å². The van der Waals surface area contributed by atoms with Crippen LogP contribution < -0.4 is 10.6 Å². The minimum atomic E-state index is 0. The zero-order valence-corrected chi connectivity index (χ0v) is 104. The third-order valence-corrected chi connectivity index (χ3v) is 29.9. The van der Waals surface area contributed by atoms with E-state index >= 15 is 0 Å². The third kappa shape index (κ3) is 95.7. The molecule has 0 aromatic heterocycles. The first kappa shape index (κ1) is 151. The Hall–Kier alpha value is -2.61. The maximum absolute atomic E-state index is 11.5. The largest absolute Gasteiger partial charge is 0.376 e. The molecule has 3 aliphatic carbocycles. The average Bonchev–Trinajstić information content (AvgIpc) is 1.64. The van der Waals surface area contributed by atoms with Crippen LogP contribution in [0.3, 0.4) is 0 Å². The molecule has 11 aliphatic rings. The van der Waals surface area contributed by atoms with Gasteiger partial charge in [0, 0.05) is 78.2 Å². The van der Waals surface area contributed by atoms with Crippen molar-refractivity contribution >= 4 is 17.7 Å². The predicted octanol–water partition coefficient (Wildman–Crippen LogP) is 37.4. The molecule has 3 amide bonds. The van der Waals surface area contributed by atoms with Crippen LogP contribution >= 0.6 is 0 Å². The lowest BCUT2D eigenvalue weighted by molar-refractivity contribution is -0.133. The minimum Gasteiger partial charge on any atom is -0.376 e. The summed E-state index contributed by atoms with van der Waals surface area (Å²) in [5.74, 6) is 19.9. The first-order valence-electron chi connectivity index (χ1n) is 63.2. The summed E-state index contributed by atoms with van der Waals surface area (Å²) in [6.07, 6.45) is 62.6. The van der Waals surface area contributed by atoms with Crippen molar-refractivity contribution in [2.45, 2.75) is 552 Å². The fourth-order valence-corrected chi connectivity index (χ4v) is 22.4. The molecule has 12 heteroatoms. The summed E-state index contributed by atoms with van der Waals surface area (Å²) in [4.78, 5) is 48.2. The smallest absolute Gasteiger partial charge is 0.222 e. The van der Waals surface area contributed by atoms with Gasteiger partial charge in [-0.25, -0.2) is 0 Å². The van der Waals surface area contributed by atoms with E-state index < -0.39 is 0 Å². The van der Waals surface area contributed by atoms with Gasteiger partial charge in [0.2, 0.25) is 17.7 Å². The van der Waals surface area contributed by atoms with Gasteiger partial charge in [-0.1, -0.05) is 402 Å². The van der Waals surface area contributed by atoms with Crippen molar-refractivity contribution < 1.29 is 19.1 Å². The van der Waals surface area contributed by atoms with Crippen molar-refractivity contribution in [3.63, 3.8) is 0 Å². The summed E-state index contributed by atoms with van der Waals surface area (Å²) in [7, 11) is 0. The highest BCUT2D eigenvalue weighted by molar-refractivity contribution is 5.77. The molecule has 12 rings (SSSR count). The second kappa shape index (κ2) is 102. The van der Waals surface area contributed by atoms with E-state index in [1.807, 2.05) is 64.9 Å². The second-order valence-electron chi connectivity index (χ2n) is 51.3. The number of benzene rings is 1. The van der Waals surface area contributed by atoms with Gasteiger partial charge in [0.15, 0.2) is 0 Å². The van der Waals surface area contributed by atoms with E-state index in [0.717, 1.165) is 184 Å². The molecule has 1 aromatic rings.